The zero-order chi connectivity index (χ0) is 24.5. The maximum absolute atomic E-state index is 12.6. The minimum absolute atomic E-state index is 0.0118. The van der Waals surface area contributed by atoms with Crippen molar-refractivity contribution in [3.8, 4) is 17.1 Å². The van der Waals surface area contributed by atoms with Crippen molar-refractivity contribution in [2.24, 2.45) is 0 Å². The third-order valence-electron chi connectivity index (χ3n) is 5.31. The summed E-state index contributed by atoms with van der Waals surface area (Å²) in [5.74, 6) is -0.0171. The van der Waals surface area contributed by atoms with Gasteiger partial charge in [-0.2, -0.15) is 0 Å². The highest BCUT2D eigenvalue weighted by molar-refractivity contribution is 7.99. The fraction of sp³-hybridized carbons (Fsp3) is 0.185. The van der Waals surface area contributed by atoms with Gasteiger partial charge in [-0.05, 0) is 24.6 Å². The predicted octanol–water partition coefficient (Wildman–Crippen LogP) is 4.62. The average molecular weight is 487 g/mol. The van der Waals surface area contributed by atoms with Crippen LogP contribution in [0, 0.1) is 0 Å². The van der Waals surface area contributed by atoms with Gasteiger partial charge < -0.3 is 9.64 Å². The first kappa shape index (κ1) is 24.2. The molecule has 7 nitrogen and oxygen atoms in total. The standard InChI is InChI=1S/C27H26N4O3S/c1-2-30(18-21-12-6-3-7-13-21)24(32)19-34-25(33)20-35-27-29-28-26(22-14-8-4-9-15-22)31(27)23-16-10-5-11-17-23/h3-17H,2,18-20H2,1H3. The van der Waals surface area contributed by atoms with Crippen molar-refractivity contribution in [1.29, 1.82) is 0 Å². The minimum Gasteiger partial charge on any atom is -0.455 e. The number of carbonyl (C=O) groups is 2. The number of carbonyl (C=O) groups excluding carboxylic acids is 2. The second kappa shape index (κ2) is 12.0. The molecule has 0 fully saturated rings. The molecule has 0 unspecified atom stereocenters. The summed E-state index contributed by atoms with van der Waals surface area (Å²) >= 11 is 1.22. The first-order chi connectivity index (χ1) is 17.2. The molecule has 4 aromatic rings. The van der Waals surface area contributed by atoms with Crippen molar-refractivity contribution in [1.82, 2.24) is 19.7 Å². The number of rotatable bonds is 10. The van der Waals surface area contributed by atoms with Gasteiger partial charge in [0.05, 0.1) is 5.75 Å². The van der Waals surface area contributed by atoms with E-state index in [0.29, 0.717) is 24.1 Å². The molecular formula is C27H26N4O3S. The molecule has 0 aliphatic rings. The lowest BCUT2D eigenvalue weighted by Gasteiger charge is -2.20. The topological polar surface area (TPSA) is 77.3 Å². The van der Waals surface area contributed by atoms with Crippen LogP contribution in [0.1, 0.15) is 12.5 Å². The van der Waals surface area contributed by atoms with Gasteiger partial charge in [-0.15, -0.1) is 10.2 Å². The van der Waals surface area contributed by atoms with E-state index in [-0.39, 0.29) is 18.3 Å². The zero-order valence-corrected chi connectivity index (χ0v) is 20.2. The molecule has 4 rings (SSSR count). The highest BCUT2D eigenvalue weighted by Crippen LogP contribution is 2.27. The van der Waals surface area contributed by atoms with Crippen LogP contribution in [0.4, 0.5) is 0 Å². The van der Waals surface area contributed by atoms with E-state index < -0.39 is 5.97 Å². The average Bonchev–Trinajstić information content (AvgIpc) is 3.34. The predicted molar refractivity (Wildman–Crippen MR) is 136 cm³/mol. The monoisotopic (exact) mass is 486 g/mol. The molecule has 0 aliphatic heterocycles. The van der Waals surface area contributed by atoms with Gasteiger partial charge in [0.1, 0.15) is 0 Å². The molecular weight excluding hydrogens is 460 g/mol. The van der Waals surface area contributed by atoms with Crippen LogP contribution in [0.3, 0.4) is 0 Å². The van der Waals surface area contributed by atoms with Gasteiger partial charge in [-0.1, -0.05) is 90.6 Å². The summed E-state index contributed by atoms with van der Waals surface area (Å²) in [5, 5.41) is 9.25. The maximum atomic E-state index is 12.6. The summed E-state index contributed by atoms with van der Waals surface area (Å²) in [6.45, 7) is 2.62. The van der Waals surface area contributed by atoms with Crippen LogP contribution < -0.4 is 0 Å². The second-order valence-electron chi connectivity index (χ2n) is 7.69. The maximum Gasteiger partial charge on any atom is 0.316 e. The third kappa shape index (κ3) is 6.36. The normalized spacial score (nSPS) is 10.7. The molecule has 0 spiro atoms. The summed E-state index contributed by atoms with van der Waals surface area (Å²) < 4.78 is 7.19. The Morgan fingerprint density at radius 1 is 0.886 bits per heavy atom. The number of ether oxygens (including phenoxy) is 1. The molecule has 0 aliphatic carbocycles. The molecule has 1 heterocycles. The number of benzene rings is 3. The number of thioether (sulfide) groups is 1. The highest BCUT2D eigenvalue weighted by atomic mass is 32.2. The molecule has 0 bridgehead atoms. The molecule has 0 radical (unpaired) electrons. The number of aromatic nitrogens is 3. The Morgan fingerprint density at radius 2 is 1.51 bits per heavy atom. The van der Waals surface area contributed by atoms with E-state index in [4.69, 9.17) is 4.74 Å². The molecule has 1 aromatic heterocycles. The number of likely N-dealkylation sites (N-methyl/N-ethyl adjacent to an activating group) is 1. The molecule has 0 N–H and O–H groups in total. The van der Waals surface area contributed by atoms with Crippen molar-refractivity contribution in [2.45, 2.75) is 18.6 Å². The molecule has 8 heteroatoms. The van der Waals surface area contributed by atoms with Gasteiger partial charge in [-0.3, -0.25) is 14.2 Å². The van der Waals surface area contributed by atoms with Gasteiger partial charge in [0.25, 0.3) is 5.91 Å². The van der Waals surface area contributed by atoms with Gasteiger partial charge in [0, 0.05) is 24.3 Å². The largest absolute Gasteiger partial charge is 0.455 e. The number of esters is 1. The Labute approximate surface area is 208 Å². The highest BCUT2D eigenvalue weighted by Gasteiger charge is 2.19. The smallest absolute Gasteiger partial charge is 0.316 e. The van der Waals surface area contributed by atoms with Crippen LogP contribution in [-0.4, -0.2) is 50.4 Å². The first-order valence-corrected chi connectivity index (χ1v) is 12.3. The van der Waals surface area contributed by atoms with Crippen molar-refractivity contribution < 1.29 is 14.3 Å². The first-order valence-electron chi connectivity index (χ1n) is 11.3. The Morgan fingerprint density at radius 3 is 2.17 bits per heavy atom. The fourth-order valence-corrected chi connectivity index (χ4v) is 4.28. The lowest BCUT2D eigenvalue weighted by Crippen LogP contribution is -2.34. The van der Waals surface area contributed by atoms with Crippen LogP contribution in [0.5, 0.6) is 0 Å². The van der Waals surface area contributed by atoms with Gasteiger partial charge in [-0.25, -0.2) is 0 Å². The van der Waals surface area contributed by atoms with Crippen LogP contribution in [0.15, 0.2) is 96.2 Å². The SMILES string of the molecule is CCN(Cc1ccccc1)C(=O)COC(=O)CSc1nnc(-c2ccccc2)n1-c1ccccc1. The Balaban J connectivity index is 1.39. The second-order valence-corrected chi connectivity index (χ2v) is 8.63. The summed E-state index contributed by atoms with van der Waals surface area (Å²) in [4.78, 5) is 26.7. The van der Waals surface area contributed by atoms with E-state index in [9.17, 15) is 9.59 Å². The lowest BCUT2D eigenvalue weighted by molar-refractivity contribution is -0.150. The van der Waals surface area contributed by atoms with Crippen LogP contribution >= 0.6 is 11.8 Å². The lowest BCUT2D eigenvalue weighted by atomic mass is 10.2. The number of hydrogen-bond acceptors (Lipinski definition) is 6. The van der Waals surface area contributed by atoms with Crippen molar-refractivity contribution >= 4 is 23.6 Å². The summed E-state index contributed by atoms with van der Waals surface area (Å²) in [6, 6.07) is 29.2. The Hall–Kier alpha value is -3.91. The Kier molecular flexibility index (Phi) is 8.30. The summed E-state index contributed by atoms with van der Waals surface area (Å²) in [6.07, 6.45) is 0. The van der Waals surface area contributed by atoms with E-state index in [1.165, 1.54) is 11.8 Å². The molecule has 35 heavy (non-hydrogen) atoms. The van der Waals surface area contributed by atoms with Gasteiger partial charge >= 0.3 is 5.97 Å². The van der Waals surface area contributed by atoms with Crippen molar-refractivity contribution in [3.05, 3.63) is 96.6 Å². The van der Waals surface area contributed by atoms with Crippen LogP contribution in [-0.2, 0) is 20.9 Å². The number of hydrogen-bond donors (Lipinski definition) is 0. The minimum atomic E-state index is -0.483. The fourth-order valence-electron chi connectivity index (χ4n) is 3.53. The number of nitrogens with zero attached hydrogens (tertiary/aromatic N) is 4. The number of amides is 1. The van der Waals surface area contributed by atoms with E-state index in [1.54, 1.807) is 4.90 Å². The van der Waals surface area contributed by atoms with E-state index >= 15 is 0 Å². The number of para-hydroxylation sites is 1. The molecule has 0 atom stereocenters. The van der Waals surface area contributed by atoms with Gasteiger partial charge in [0.2, 0.25) is 0 Å². The van der Waals surface area contributed by atoms with Crippen LogP contribution in [0.2, 0.25) is 0 Å². The van der Waals surface area contributed by atoms with Crippen molar-refractivity contribution in [2.75, 3.05) is 18.9 Å². The zero-order valence-electron chi connectivity index (χ0n) is 19.4. The summed E-state index contributed by atoms with van der Waals surface area (Å²) in [5.41, 5.74) is 2.84. The van der Waals surface area contributed by atoms with Crippen LogP contribution in [0.25, 0.3) is 17.1 Å². The molecule has 178 valence electrons. The molecule has 0 saturated heterocycles. The molecule has 1 amide bonds. The van der Waals surface area contributed by atoms with Crippen molar-refractivity contribution in [3.63, 3.8) is 0 Å². The van der Waals surface area contributed by atoms with E-state index in [2.05, 4.69) is 10.2 Å². The van der Waals surface area contributed by atoms with E-state index in [1.807, 2.05) is 102 Å². The molecule has 0 saturated carbocycles. The third-order valence-corrected chi connectivity index (χ3v) is 6.21. The van der Waals surface area contributed by atoms with E-state index in [0.717, 1.165) is 16.8 Å². The summed E-state index contributed by atoms with van der Waals surface area (Å²) in [7, 11) is 0. The quantitative estimate of drug-likeness (QED) is 0.241. The van der Waals surface area contributed by atoms with Gasteiger partial charge in [0.15, 0.2) is 17.6 Å². The Bertz CT molecular complexity index is 1250. The molecule has 3 aromatic carbocycles.